The Kier molecular flexibility index (Phi) is 4.81. The van der Waals surface area contributed by atoms with Gasteiger partial charge < -0.3 is 4.74 Å². The minimum Gasteiger partial charge on any atom is -0.497 e. The first kappa shape index (κ1) is 16.0. The monoisotopic (exact) mass is 294 g/mol. The first-order valence-electron chi connectivity index (χ1n) is 7.37. The van der Waals surface area contributed by atoms with Crippen LogP contribution in [-0.2, 0) is 5.41 Å². The molecule has 2 heteroatoms. The van der Waals surface area contributed by atoms with E-state index in [1.54, 1.807) is 37.5 Å². The number of ketones is 1. The zero-order chi connectivity index (χ0) is 16.2. The zero-order valence-corrected chi connectivity index (χ0v) is 13.6. The highest BCUT2D eigenvalue weighted by atomic mass is 16.5. The van der Waals surface area contributed by atoms with Gasteiger partial charge in [0.15, 0.2) is 5.78 Å². The smallest absolute Gasteiger partial charge is 0.185 e. The number of hydrogen-bond donors (Lipinski definition) is 0. The van der Waals surface area contributed by atoms with Crippen molar-refractivity contribution in [3.8, 4) is 5.75 Å². The first-order chi connectivity index (χ1) is 10.4. The third kappa shape index (κ3) is 4.08. The number of allylic oxidation sites excluding steroid dienone is 1. The molecule has 0 saturated heterocycles. The quantitative estimate of drug-likeness (QED) is 0.593. The van der Waals surface area contributed by atoms with Crippen LogP contribution in [0.3, 0.4) is 0 Å². The summed E-state index contributed by atoms with van der Waals surface area (Å²) in [6, 6.07) is 15.4. The third-order valence-electron chi connectivity index (χ3n) is 3.58. The molecular weight excluding hydrogens is 272 g/mol. The van der Waals surface area contributed by atoms with Gasteiger partial charge in [-0.1, -0.05) is 51.1 Å². The van der Waals surface area contributed by atoms with Gasteiger partial charge >= 0.3 is 0 Å². The van der Waals surface area contributed by atoms with E-state index in [9.17, 15) is 4.79 Å². The Bertz CT molecular complexity index is 656. The van der Waals surface area contributed by atoms with Crippen LogP contribution in [0.1, 0.15) is 42.3 Å². The molecule has 0 amide bonds. The molecule has 0 aliphatic carbocycles. The van der Waals surface area contributed by atoms with Gasteiger partial charge in [-0.15, -0.1) is 0 Å². The first-order valence-corrected chi connectivity index (χ1v) is 7.37. The van der Waals surface area contributed by atoms with Gasteiger partial charge in [-0.25, -0.2) is 0 Å². The number of methoxy groups -OCH3 is 1. The summed E-state index contributed by atoms with van der Waals surface area (Å²) in [5, 5.41) is 0. The van der Waals surface area contributed by atoms with E-state index < -0.39 is 0 Å². The van der Waals surface area contributed by atoms with Crippen molar-refractivity contribution in [2.24, 2.45) is 0 Å². The number of carbonyl (C=O) groups is 1. The maximum absolute atomic E-state index is 12.1. The van der Waals surface area contributed by atoms with Crippen molar-refractivity contribution in [3.63, 3.8) is 0 Å². The minimum atomic E-state index is -0.0115. The fraction of sp³-hybridized carbons (Fsp3) is 0.250. The Labute approximate surface area is 132 Å². The van der Waals surface area contributed by atoms with Crippen molar-refractivity contribution in [2.75, 3.05) is 7.11 Å². The molecule has 22 heavy (non-hydrogen) atoms. The molecule has 2 aromatic rings. The fourth-order valence-corrected chi connectivity index (χ4v) is 2.12. The maximum Gasteiger partial charge on any atom is 0.185 e. The molecule has 0 heterocycles. The highest BCUT2D eigenvalue weighted by Gasteiger charge is 2.12. The van der Waals surface area contributed by atoms with Crippen LogP contribution in [0.15, 0.2) is 54.6 Å². The standard InChI is InChI=1S/C20H22O2/c1-20(2,3)17-10-5-15(6-11-17)7-14-19(21)16-8-12-18(22-4)13-9-16/h5-14H,1-4H3/b14-7+. The molecule has 0 atom stereocenters. The van der Waals surface area contributed by atoms with Crippen molar-refractivity contribution >= 4 is 11.9 Å². The molecule has 0 aliphatic heterocycles. The van der Waals surface area contributed by atoms with E-state index in [1.165, 1.54) is 5.56 Å². The Morgan fingerprint density at radius 2 is 1.55 bits per heavy atom. The number of ether oxygens (including phenoxy) is 1. The van der Waals surface area contributed by atoms with Gasteiger partial charge in [0.1, 0.15) is 5.75 Å². The van der Waals surface area contributed by atoms with Gasteiger partial charge in [-0.3, -0.25) is 4.79 Å². The van der Waals surface area contributed by atoms with Crippen LogP contribution in [0.5, 0.6) is 5.75 Å². The summed E-state index contributed by atoms with van der Waals surface area (Å²) in [7, 11) is 1.61. The van der Waals surface area contributed by atoms with E-state index in [-0.39, 0.29) is 11.2 Å². The molecule has 2 rings (SSSR count). The molecule has 0 aromatic heterocycles. The van der Waals surface area contributed by atoms with Gasteiger partial charge in [0.2, 0.25) is 0 Å². The highest BCUT2D eigenvalue weighted by molar-refractivity contribution is 6.06. The van der Waals surface area contributed by atoms with Crippen LogP contribution in [-0.4, -0.2) is 12.9 Å². The molecule has 114 valence electrons. The topological polar surface area (TPSA) is 26.3 Å². The van der Waals surface area contributed by atoms with Crippen LogP contribution in [0.25, 0.3) is 6.08 Å². The minimum absolute atomic E-state index is 0.0115. The van der Waals surface area contributed by atoms with Crippen LogP contribution in [0.2, 0.25) is 0 Å². The second-order valence-electron chi connectivity index (χ2n) is 6.30. The summed E-state index contributed by atoms with van der Waals surface area (Å²) in [4.78, 5) is 12.1. The van der Waals surface area contributed by atoms with Crippen LogP contribution < -0.4 is 4.74 Å². The van der Waals surface area contributed by atoms with Gasteiger partial charge in [-0.2, -0.15) is 0 Å². The molecular formula is C20H22O2. The Morgan fingerprint density at radius 1 is 0.955 bits per heavy atom. The van der Waals surface area contributed by atoms with Crippen molar-refractivity contribution in [3.05, 3.63) is 71.3 Å². The summed E-state index contributed by atoms with van der Waals surface area (Å²) in [6.45, 7) is 6.56. The average Bonchev–Trinajstić information content (AvgIpc) is 2.52. The largest absolute Gasteiger partial charge is 0.497 e. The van der Waals surface area contributed by atoms with Crippen LogP contribution in [0, 0.1) is 0 Å². The maximum atomic E-state index is 12.1. The summed E-state index contributed by atoms with van der Waals surface area (Å²) in [6.07, 6.45) is 3.45. The summed E-state index contributed by atoms with van der Waals surface area (Å²) < 4.78 is 5.09. The highest BCUT2D eigenvalue weighted by Crippen LogP contribution is 2.22. The predicted octanol–water partition coefficient (Wildman–Crippen LogP) is 4.89. The van der Waals surface area contributed by atoms with E-state index >= 15 is 0 Å². The molecule has 0 radical (unpaired) electrons. The summed E-state index contributed by atoms with van der Waals surface area (Å²) in [5.41, 5.74) is 3.10. The van der Waals surface area contributed by atoms with Crippen molar-refractivity contribution in [2.45, 2.75) is 26.2 Å². The van der Waals surface area contributed by atoms with Crippen molar-refractivity contribution in [1.82, 2.24) is 0 Å². The SMILES string of the molecule is COc1ccc(C(=O)/C=C/c2ccc(C(C)(C)C)cc2)cc1. The molecule has 2 aromatic carbocycles. The second kappa shape index (κ2) is 6.61. The van der Waals surface area contributed by atoms with Crippen LogP contribution >= 0.6 is 0 Å². The molecule has 0 N–H and O–H groups in total. The predicted molar refractivity (Wildman–Crippen MR) is 91.5 cm³/mol. The lowest BCUT2D eigenvalue weighted by molar-refractivity contribution is 0.104. The lowest BCUT2D eigenvalue weighted by atomic mass is 9.87. The number of rotatable bonds is 4. The van der Waals surface area contributed by atoms with E-state index in [0.717, 1.165) is 11.3 Å². The lowest BCUT2D eigenvalue weighted by Crippen LogP contribution is -2.10. The van der Waals surface area contributed by atoms with Gasteiger partial charge in [0.25, 0.3) is 0 Å². The van der Waals surface area contributed by atoms with E-state index in [4.69, 9.17) is 4.74 Å². The number of benzene rings is 2. The summed E-state index contributed by atoms with van der Waals surface area (Å²) in [5.74, 6) is 0.737. The summed E-state index contributed by atoms with van der Waals surface area (Å²) >= 11 is 0. The van der Waals surface area contributed by atoms with E-state index in [2.05, 4.69) is 32.9 Å². The normalized spacial score (nSPS) is 11.6. The zero-order valence-electron chi connectivity index (χ0n) is 13.6. The fourth-order valence-electron chi connectivity index (χ4n) is 2.12. The number of hydrogen-bond acceptors (Lipinski definition) is 2. The Balaban J connectivity index is 2.08. The third-order valence-corrected chi connectivity index (χ3v) is 3.58. The van der Waals surface area contributed by atoms with Gasteiger partial charge in [0.05, 0.1) is 7.11 Å². The second-order valence-corrected chi connectivity index (χ2v) is 6.30. The van der Waals surface area contributed by atoms with Crippen LogP contribution in [0.4, 0.5) is 0 Å². The Morgan fingerprint density at radius 3 is 2.05 bits per heavy atom. The van der Waals surface area contributed by atoms with E-state index in [1.807, 2.05) is 18.2 Å². The number of carbonyl (C=O) groups excluding carboxylic acids is 1. The molecule has 0 aliphatic rings. The van der Waals surface area contributed by atoms with Crippen molar-refractivity contribution < 1.29 is 9.53 Å². The molecule has 0 saturated carbocycles. The van der Waals surface area contributed by atoms with Crippen molar-refractivity contribution in [1.29, 1.82) is 0 Å². The van der Waals surface area contributed by atoms with Gasteiger partial charge in [-0.05, 0) is 46.9 Å². The molecule has 0 bridgehead atoms. The molecule has 0 fully saturated rings. The van der Waals surface area contributed by atoms with E-state index in [0.29, 0.717) is 5.56 Å². The van der Waals surface area contributed by atoms with Gasteiger partial charge in [0, 0.05) is 5.56 Å². The Hall–Kier alpha value is -2.35. The molecule has 0 unspecified atom stereocenters. The molecule has 0 spiro atoms. The average molecular weight is 294 g/mol. The molecule has 2 nitrogen and oxygen atoms in total. The lowest BCUT2D eigenvalue weighted by Gasteiger charge is -2.18.